The number of carbonyl (C=O) groups excluding carboxylic acids is 2. The highest BCUT2D eigenvalue weighted by molar-refractivity contribution is 6.37. The van der Waals surface area contributed by atoms with Gasteiger partial charge in [0.15, 0.2) is 10.5 Å². The van der Waals surface area contributed by atoms with E-state index in [2.05, 4.69) is 0 Å². The molecule has 3 atom stereocenters. The summed E-state index contributed by atoms with van der Waals surface area (Å²) >= 11 is 6.83. The summed E-state index contributed by atoms with van der Waals surface area (Å²) in [6, 6.07) is 9.76. The fraction of sp³-hybridized carbons (Fsp3) is 0.600. The SMILES string of the molecule is C[C@H](c1ccccc1)N1C[C@@]2(OC(=O)C(C)(C)C)CCC[C@]2(Cl)C1=O. The molecule has 0 spiro atoms. The zero-order valence-electron chi connectivity index (χ0n) is 15.3. The molecular formula is C20H26ClNO3. The molecule has 4 nitrogen and oxygen atoms in total. The van der Waals surface area contributed by atoms with E-state index in [9.17, 15) is 9.59 Å². The second-order valence-electron chi connectivity index (χ2n) is 8.31. The Morgan fingerprint density at radius 2 is 1.88 bits per heavy atom. The fourth-order valence-corrected chi connectivity index (χ4v) is 4.28. The van der Waals surface area contributed by atoms with Crippen molar-refractivity contribution in [1.29, 1.82) is 0 Å². The van der Waals surface area contributed by atoms with Crippen LogP contribution in [0.5, 0.6) is 0 Å². The number of alkyl halides is 1. The van der Waals surface area contributed by atoms with E-state index in [1.807, 2.05) is 58.0 Å². The van der Waals surface area contributed by atoms with Crippen LogP contribution in [0, 0.1) is 5.41 Å². The van der Waals surface area contributed by atoms with Crippen molar-refractivity contribution in [2.75, 3.05) is 6.54 Å². The standard InChI is InChI=1S/C20H26ClNO3/c1-14(15-9-6-5-7-10-15)22-13-19(25-17(24)18(2,3)4)11-8-12-20(19,21)16(22)23/h5-7,9-10,14H,8,11-13H2,1-4H3/t14-,19+,20+/m1/s1. The molecule has 25 heavy (non-hydrogen) atoms. The molecule has 1 saturated carbocycles. The van der Waals surface area contributed by atoms with Gasteiger partial charge in [-0.15, -0.1) is 11.6 Å². The number of hydrogen-bond acceptors (Lipinski definition) is 3. The van der Waals surface area contributed by atoms with E-state index >= 15 is 0 Å². The highest BCUT2D eigenvalue weighted by Gasteiger charge is 2.69. The molecule has 136 valence electrons. The van der Waals surface area contributed by atoms with E-state index < -0.39 is 15.9 Å². The Morgan fingerprint density at radius 1 is 1.24 bits per heavy atom. The van der Waals surface area contributed by atoms with E-state index in [-0.39, 0.29) is 17.9 Å². The molecule has 1 aromatic rings. The second-order valence-corrected chi connectivity index (χ2v) is 8.95. The zero-order valence-corrected chi connectivity index (χ0v) is 16.1. The molecule has 1 aliphatic carbocycles. The summed E-state index contributed by atoms with van der Waals surface area (Å²) < 4.78 is 5.94. The summed E-state index contributed by atoms with van der Waals surface area (Å²) in [5.41, 5.74) is -0.510. The van der Waals surface area contributed by atoms with Crippen LogP contribution in [-0.2, 0) is 14.3 Å². The number of nitrogens with zero attached hydrogens (tertiary/aromatic N) is 1. The lowest BCUT2D eigenvalue weighted by atomic mass is 9.91. The third-order valence-electron chi connectivity index (χ3n) is 5.50. The summed E-state index contributed by atoms with van der Waals surface area (Å²) in [6.45, 7) is 7.80. The lowest BCUT2D eigenvalue weighted by Gasteiger charge is -2.35. The number of esters is 1. The summed E-state index contributed by atoms with van der Waals surface area (Å²) in [7, 11) is 0. The summed E-state index contributed by atoms with van der Waals surface area (Å²) in [4.78, 5) is 26.3. The van der Waals surface area contributed by atoms with Crippen LogP contribution in [-0.4, -0.2) is 33.8 Å². The van der Waals surface area contributed by atoms with Gasteiger partial charge in [0.2, 0.25) is 5.91 Å². The minimum absolute atomic E-state index is 0.111. The van der Waals surface area contributed by atoms with Gasteiger partial charge in [0.25, 0.3) is 0 Å². The Kier molecular flexibility index (Phi) is 4.39. The van der Waals surface area contributed by atoms with Crippen molar-refractivity contribution >= 4 is 23.5 Å². The first-order valence-corrected chi connectivity index (χ1v) is 9.27. The quantitative estimate of drug-likeness (QED) is 0.600. The smallest absolute Gasteiger partial charge is 0.311 e. The fourth-order valence-electron chi connectivity index (χ4n) is 3.84. The predicted molar refractivity (Wildman–Crippen MR) is 97.3 cm³/mol. The predicted octanol–water partition coefficient (Wildman–Crippen LogP) is 4.08. The Bertz CT molecular complexity index is 684. The van der Waals surface area contributed by atoms with Gasteiger partial charge in [0.1, 0.15) is 0 Å². The van der Waals surface area contributed by atoms with Gasteiger partial charge >= 0.3 is 5.97 Å². The third-order valence-corrected chi connectivity index (χ3v) is 6.19. The normalized spacial score (nSPS) is 30.3. The monoisotopic (exact) mass is 363 g/mol. The minimum Gasteiger partial charge on any atom is -0.454 e. The van der Waals surface area contributed by atoms with Crippen molar-refractivity contribution in [2.24, 2.45) is 5.41 Å². The largest absolute Gasteiger partial charge is 0.454 e. The van der Waals surface area contributed by atoms with Gasteiger partial charge in [0.05, 0.1) is 18.0 Å². The van der Waals surface area contributed by atoms with Gasteiger partial charge in [-0.3, -0.25) is 9.59 Å². The number of fused-ring (bicyclic) bond motifs is 1. The molecule has 1 saturated heterocycles. The molecule has 0 unspecified atom stereocenters. The van der Waals surface area contributed by atoms with Gasteiger partial charge in [-0.25, -0.2) is 0 Å². The van der Waals surface area contributed by atoms with Crippen LogP contribution in [0.25, 0.3) is 0 Å². The molecule has 1 aliphatic heterocycles. The van der Waals surface area contributed by atoms with Gasteiger partial charge in [0, 0.05) is 0 Å². The summed E-state index contributed by atoms with van der Waals surface area (Å²) in [6.07, 6.45) is 1.96. The van der Waals surface area contributed by atoms with Crippen molar-refractivity contribution in [1.82, 2.24) is 4.90 Å². The first-order chi connectivity index (χ1) is 11.6. The molecule has 5 heteroatoms. The summed E-state index contributed by atoms with van der Waals surface area (Å²) in [5, 5.41) is 0. The van der Waals surface area contributed by atoms with E-state index in [4.69, 9.17) is 16.3 Å². The molecule has 0 N–H and O–H groups in total. The number of likely N-dealkylation sites (tertiary alicyclic amines) is 1. The maximum absolute atomic E-state index is 13.2. The van der Waals surface area contributed by atoms with Gasteiger partial charge in [-0.2, -0.15) is 0 Å². The molecule has 2 aliphatic rings. The van der Waals surface area contributed by atoms with Crippen molar-refractivity contribution < 1.29 is 14.3 Å². The van der Waals surface area contributed by atoms with Crippen LogP contribution in [0.15, 0.2) is 30.3 Å². The molecular weight excluding hydrogens is 338 g/mol. The highest BCUT2D eigenvalue weighted by Crippen LogP contribution is 2.54. The van der Waals surface area contributed by atoms with Crippen molar-refractivity contribution in [3.63, 3.8) is 0 Å². The zero-order chi connectivity index (χ0) is 18.5. The van der Waals surface area contributed by atoms with Gasteiger partial charge in [-0.1, -0.05) is 30.3 Å². The van der Waals surface area contributed by atoms with Crippen molar-refractivity contribution in [3.05, 3.63) is 35.9 Å². The van der Waals surface area contributed by atoms with Gasteiger partial charge in [-0.05, 0) is 52.5 Å². The Morgan fingerprint density at radius 3 is 2.48 bits per heavy atom. The number of ether oxygens (including phenoxy) is 1. The average Bonchev–Trinajstić information content (AvgIpc) is 2.98. The summed E-state index contributed by atoms with van der Waals surface area (Å²) in [5.74, 6) is -0.425. The molecule has 0 aromatic heterocycles. The Balaban J connectivity index is 1.92. The number of rotatable bonds is 3. The average molecular weight is 364 g/mol. The molecule has 0 radical (unpaired) electrons. The molecule has 2 fully saturated rings. The Labute approximate surface area is 154 Å². The first kappa shape index (κ1) is 18.2. The van der Waals surface area contributed by atoms with E-state index in [1.54, 1.807) is 4.90 Å². The van der Waals surface area contributed by atoms with Crippen LogP contribution < -0.4 is 0 Å². The molecule has 1 aromatic carbocycles. The number of carbonyl (C=O) groups is 2. The van der Waals surface area contributed by atoms with Crippen molar-refractivity contribution in [2.45, 2.75) is 63.5 Å². The third kappa shape index (κ3) is 2.84. The number of benzene rings is 1. The molecule has 0 bridgehead atoms. The van der Waals surface area contributed by atoms with E-state index in [0.29, 0.717) is 19.4 Å². The van der Waals surface area contributed by atoms with Crippen LogP contribution in [0.4, 0.5) is 0 Å². The van der Waals surface area contributed by atoms with Crippen LogP contribution in [0.1, 0.15) is 58.6 Å². The molecule has 1 heterocycles. The Hall–Kier alpha value is -1.55. The van der Waals surface area contributed by atoms with Crippen LogP contribution in [0.3, 0.4) is 0 Å². The van der Waals surface area contributed by atoms with Crippen LogP contribution in [0.2, 0.25) is 0 Å². The second kappa shape index (κ2) is 6.01. The maximum atomic E-state index is 13.2. The van der Waals surface area contributed by atoms with E-state index in [1.165, 1.54) is 0 Å². The number of amides is 1. The van der Waals surface area contributed by atoms with Crippen LogP contribution >= 0.6 is 11.6 Å². The topological polar surface area (TPSA) is 46.6 Å². The molecule has 1 amide bonds. The van der Waals surface area contributed by atoms with Crippen molar-refractivity contribution in [3.8, 4) is 0 Å². The number of halogens is 1. The highest BCUT2D eigenvalue weighted by atomic mass is 35.5. The lowest BCUT2D eigenvalue weighted by Crippen LogP contribution is -2.51. The lowest BCUT2D eigenvalue weighted by molar-refractivity contribution is -0.169. The maximum Gasteiger partial charge on any atom is 0.311 e. The van der Waals surface area contributed by atoms with E-state index in [0.717, 1.165) is 12.0 Å². The first-order valence-electron chi connectivity index (χ1n) is 8.89. The molecule has 3 rings (SSSR count). The van der Waals surface area contributed by atoms with Gasteiger partial charge < -0.3 is 9.64 Å². The minimum atomic E-state index is -1.14. The number of hydrogen-bond donors (Lipinski definition) is 0.